The number of nitrogens with zero attached hydrogens (tertiary/aromatic N) is 1. The SMILES string of the molecule is O=CN/N=C/c1ccc(Br)cc1. The van der Waals surface area contributed by atoms with Crippen LogP contribution in [0, 0.1) is 0 Å². The molecule has 0 aliphatic carbocycles. The van der Waals surface area contributed by atoms with E-state index in [2.05, 4.69) is 26.5 Å². The van der Waals surface area contributed by atoms with Crippen LogP contribution in [0.1, 0.15) is 5.56 Å². The number of nitrogens with one attached hydrogen (secondary N) is 1. The van der Waals surface area contributed by atoms with E-state index in [4.69, 9.17) is 0 Å². The normalized spacial score (nSPS) is 10.1. The van der Waals surface area contributed by atoms with Crippen molar-refractivity contribution < 1.29 is 4.79 Å². The minimum absolute atomic E-state index is 0.523. The summed E-state index contributed by atoms with van der Waals surface area (Å²) in [7, 11) is 0. The van der Waals surface area contributed by atoms with Crippen LogP contribution in [-0.2, 0) is 4.79 Å². The fourth-order valence-corrected chi connectivity index (χ4v) is 0.955. The third-order valence-corrected chi connectivity index (χ3v) is 1.74. The van der Waals surface area contributed by atoms with Gasteiger partial charge in [-0.15, -0.1) is 0 Å². The van der Waals surface area contributed by atoms with Crippen molar-refractivity contribution >= 4 is 28.6 Å². The number of hydrogen-bond donors (Lipinski definition) is 1. The number of benzene rings is 1. The van der Waals surface area contributed by atoms with Crippen molar-refractivity contribution in [2.75, 3.05) is 0 Å². The maximum Gasteiger partial charge on any atom is 0.227 e. The van der Waals surface area contributed by atoms with Gasteiger partial charge in [-0.05, 0) is 17.7 Å². The summed E-state index contributed by atoms with van der Waals surface area (Å²) in [6, 6.07) is 7.59. The summed E-state index contributed by atoms with van der Waals surface area (Å²) >= 11 is 3.31. The Balaban J connectivity index is 2.64. The fraction of sp³-hybridized carbons (Fsp3) is 0. The molecule has 0 unspecified atom stereocenters. The zero-order valence-corrected chi connectivity index (χ0v) is 7.78. The van der Waals surface area contributed by atoms with Crippen molar-refractivity contribution in [3.8, 4) is 0 Å². The summed E-state index contributed by atoms with van der Waals surface area (Å²) in [5, 5.41) is 3.63. The lowest BCUT2D eigenvalue weighted by atomic mass is 10.2. The predicted octanol–water partition coefficient (Wildman–Crippen LogP) is 1.53. The summed E-state index contributed by atoms with van der Waals surface area (Å²) in [5.41, 5.74) is 3.13. The largest absolute Gasteiger partial charge is 0.277 e. The number of carbonyl (C=O) groups is 1. The number of amides is 1. The van der Waals surface area contributed by atoms with E-state index in [0.29, 0.717) is 6.41 Å². The molecule has 1 N–H and O–H groups in total. The minimum atomic E-state index is 0.523. The Hall–Kier alpha value is -1.16. The molecule has 0 aromatic heterocycles. The molecule has 0 saturated heterocycles. The number of carbonyl (C=O) groups excluding carboxylic acids is 1. The molecule has 3 nitrogen and oxygen atoms in total. The topological polar surface area (TPSA) is 41.5 Å². The molecule has 1 aromatic rings. The summed E-state index contributed by atoms with van der Waals surface area (Å²) in [6.45, 7) is 0. The first kappa shape index (κ1) is 8.93. The summed E-state index contributed by atoms with van der Waals surface area (Å²) in [5.74, 6) is 0. The highest BCUT2D eigenvalue weighted by Gasteiger charge is 1.86. The molecule has 4 heteroatoms. The molecule has 0 atom stereocenters. The Morgan fingerprint density at radius 2 is 2.00 bits per heavy atom. The lowest BCUT2D eigenvalue weighted by molar-refractivity contribution is -0.109. The third kappa shape index (κ3) is 2.84. The summed E-state index contributed by atoms with van der Waals surface area (Å²) < 4.78 is 1.02. The van der Waals surface area contributed by atoms with Gasteiger partial charge in [-0.3, -0.25) is 4.79 Å². The second-order valence-electron chi connectivity index (χ2n) is 2.06. The molecular formula is C8H7BrN2O. The van der Waals surface area contributed by atoms with Crippen LogP contribution in [0.4, 0.5) is 0 Å². The molecule has 1 aromatic carbocycles. The second kappa shape index (κ2) is 4.66. The number of halogens is 1. The average Bonchev–Trinajstić information content (AvgIpc) is 2.09. The van der Waals surface area contributed by atoms with Gasteiger partial charge in [-0.25, -0.2) is 5.43 Å². The van der Waals surface area contributed by atoms with Gasteiger partial charge in [0.15, 0.2) is 0 Å². The van der Waals surface area contributed by atoms with Crippen molar-refractivity contribution in [2.45, 2.75) is 0 Å². The van der Waals surface area contributed by atoms with Crippen LogP contribution in [-0.4, -0.2) is 12.6 Å². The van der Waals surface area contributed by atoms with E-state index in [9.17, 15) is 4.79 Å². The molecular weight excluding hydrogens is 220 g/mol. The molecule has 0 radical (unpaired) electrons. The van der Waals surface area contributed by atoms with Crippen LogP contribution in [0.15, 0.2) is 33.8 Å². The maximum atomic E-state index is 9.82. The van der Waals surface area contributed by atoms with E-state index in [-0.39, 0.29) is 0 Å². The van der Waals surface area contributed by atoms with Gasteiger partial charge >= 0.3 is 0 Å². The minimum Gasteiger partial charge on any atom is -0.277 e. The Labute approximate surface area is 78.6 Å². The highest BCUT2D eigenvalue weighted by molar-refractivity contribution is 9.10. The standard InChI is InChI=1S/C8H7BrN2O/c9-8-3-1-7(2-4-8)5-10-11-6-12/h1-6H,(H,11,12)/b10-5+. The van der Waals surface area contributed by atoms with Crippen LogP contribution in [0.2, 0.25) is 0 Å². The molecule has 1 rings (SSSR count). The molecule has 0 spiro atoms. The van der Waals surface area contributed by atoms with Gasteiger partial charge in [0.05, 0.1) is 6.21 Å². The molecule has 1 amide bonds. The van der Waals surface area contributed by atoms with Gasteiger partial charge in [0.1, 0.15) is 0 Å². The Kier molecular flexibility index (Phi) is 3.47. The van der Waals surface area contributed by atoms with Crippen LogP contribution in [0.5, 0.6) is 0 Å². The third-order valence-electron chi connectivity index (χ3n) is 1.21. The summed E-state index contributed by atoms with van der Waals surface area (Å²) in [4.78, 5) is 9.82. The molecule has 0 heterocycles. The number of rotatable bonds is 3. The molecule has 0 aliphatic rings. The van der Waals surface area contributed by atoms with E-state index in [1.165, 1.54) is 0 Å². The highest BCUT2D eigenvalue weighted by atomic mass is 79.9. The van der Waals surface area contributed by atoms with Crippen LogP contribution >= 0.6 is 15.9 Å². The Morgan fingerprint density at radius 3 is 2.58 bits per heavy atom. The molecule has 12 heavy (non-hydrogen) atoms. The van der Waals surface area contributed by atoms with Gasteiger partial charge in [-0.2, -0.15) is 5.10 Å². The van der Waals surface area contributed by atoms with Crippen molar-refractivity contribution in [1.29, 1.82) is 0 Å². The van der Waals surface area contributed by atoms with Crippen LogP contribution in [0.25, 0.3) is 0 Å². The van der Waals surface area contributed by atoms with E-state index >= 15 is 0 Å². The van der Waals surface area contributed by atoms with Crippen molar-refractivity contribution in [3.63, 3.8) is 0 Å². The van der Waals surface area contributed by atoms with Gasteiger partial charge in [0.25, 0.3) is 0 Å². The van der Waals surface area contributed by atoms with E-state index in [0.717, 1.165) is 10.0 Å². The van der Waals surface area contributed by atoms with Crippen molar-refractivity contribution in [2.24, 2.45) is 5.10 Å². The maximum absolute atomic E-state index is 9.82. The first-order valence-electron chi connectivity index (χ1n) is 3.31. The zero-order valence-electron chi connectivity index (χ0n) is 6.20. The first-order chi connectivity index (χ1) is 5.83. The zero-order chi connectivity index (χ0) is 8.81. The lowest BCUT2D eigenvalue weighted by Crippen LogP contribution is -2.00. The van der Waals surface area contributed by atoms with Crippen molar-refractivity contribution in [3.05, 3.63) is 34.3 Å². The molecule has 0 bridgehead atoms. The van der Waals surface area contributed by atoms with E-state index in [1.54, 1.807) is 6.21 Å². The lowest BCUT2D eigenvalue weighted by Gasteiger charge is -1.91. The highest BCUT2D eigenvalue weighted by Crippen LogP contribution is 2.08. The number of hydrazone groups is 1. The summed E-state index contributed by atoms with van der Waals surface area (Å²) in [6.07, 6.45) is 2.09. The molecule has 0 aliphatic heterocycles. The van der Waals surface area contributed by atoms with Gasteiger partial charge in [0, 0.05) is 4.47 Å². The van der Waals surface area contributed by atoms with Crippen LogP contribution in [0.3, 0.4) is 0 Å². The first-order valence-corrected chi connectivity index (χ1v) is 4.10. The van der Waals surface area contributed by atoms with Gasteiger partial charge < -0.3 is 0 Å². The van der Waals surface area contributed by atoms with Crippen molar-refractivity contribution in [1.82, 2.24) is 5.43 Å². The van der Waals surface area contributed by atoms with Crippen LogP contribution < -0.4 is 5.43 Å². The molecule has 0 saturated carbocycles. The second-order valence-corrected chi connectivity index (χ2v) is 2.97. The predicted molar refractivity (Wildman–Crippen MR) is 50.9 cm³/mol. The monoisotopic (exact) mass is 226 g/mol. The number of hydrogen-bond acceptors (Lipinski definition) is 2. The van der Waals surface area contributed by atoms with Gasteiger partial charge in [0.2, 0.25) is 6.41 Å². The molecule has 0 fully saturated rings. The van der Waals surface area contributed by atoms with E-state index in [1.807, 2.05) is 24.3 Å². The average molecular weight is 227 g/mol. The Bertz CT molecular complexity index is 282. The smallest absolute Gasteiger partial charge is 0.227 e. The molecule has 62 valence electrons. The Morgan fingerprint density at radius 1 is 1.33 bits per heavy atom. The van der Waals surface area contributed by atoms with E-state index < -0.39 is 0 Å². The fourth-order valence-electron chi connectivity index (χ4n) is 0.691. The quantitative estimate of drug-likeness (QED) is 0.474. The van der Waals surface area contributed by atoms with Gasteiger partial charge in [-0.1, -0.05) is 28.1 Å².